The Hall–Kier alpha value is -2.57. The normalized spacial score (nSPS) is 9.58. The second-order valence-corrected chi connectivity index (χ2v) is 3.83. The van der Waals surface area contributed by atoms with Gasteiger partial charge in [-0.3, -0.25) is 20.4 Å². The molecule has 0 saturated heterocycles. The lowest BCUT2D eigenvalue weighted by Crippen LogP contribution is -2.42. The molecule has 0 spiro atoms. The first kappa shape index (κ1) is 14.5. The summed E-state index contributed by atoms with van der Waals surface area (Å²) in [4.78, 5) is 33.2. The number of hydrogen-bond donors (Lipinski definition) is 3. The fourth-order valence-electron chi connectivity index (χ4n) is 1.22. The molecule has 0 atom stereocenters. The number of esters is 1. The lowest BCUT2D eigenvalue weighted by molar-refractivity contribution is -0.129. The van der Waals surface area contributed by atoms with Crippen LogP contribution in [0.25, 0.3) is 0 Å². The molecule has 0 fully saturated rings. The van der Waals surface area contributed by atoms with Crippen LogP contribution in [0.15, 0.2) is 18.2 Å². The highest BCUT2D eigenvalue weighted by Crippen LogP contribution is 2.19. The fraction of sp³-hybridized carbons (Fsp3) is 0.250. The number of hydrogen-bond acceptors (Lipinski definition) is 5. The van der Waals surface area contributed by atoms with Crippen molar-refractivity contribution in [3.8, 4) is 5.75 Å². The maximum atomic E-state index is 11.6. The van der Waals surface area contributed by atoms with Gasteiger partial charge >= 0.3 is 5.97 Å². The van der Waals surface area contributed by atoms with E-state index in [-0.39, 0.29) is 11.3 Å². The van der Waals surface area contributed by atoms with Gasteiger partial charge in [-0.05, 0) is 24.6 Å². The smallest absolute Gasteiger partial charge is 0.342 e. The molecular weight excluding hydrogens is 252 g/mol. The molecule has 0 aliphatic rings. The third-order valence-electron chi connectivity index (χ3n) is 2.09. The Labute approximate surface area is 109 Å². The zero-order chi connectivity index (χ0) is 14.4. The molecule has 2 amide bonds. The van der Waals surface area contributed by atoms with E-state index < -0.39 is 24.4 Å². The quantitative estimate of drug-likeness (QED) is 0.528. The first-order valence-electron chi connectivity index (χ1n) is 5.42. The summed E-state index contributed by atoms with van der Waals surface area (Å²) in [5, 5.41) is 9.54. The van der Waals surface area contributed by atoms with Gasteiger partial charge in [0, 0.05) is 6.92 Å². The number of phenols is 1. The Balaban J connectivity index is 2.51. The van der Waals surface area contributed by atoms with Crippen LogP contribution >= 0.6 is 0 Å². The number of aryl methyl sites for hydroxylation is 1. The Kier molecular flexibility index (Phi) is 4.87. The lowest BCUT2D eigenvalue weighted by atomic mass is 10.1. The van der Waals surface area contributed by atoms with Crippen molar-refractivity contribution in [2.45, 2.75) is 13.8 Å². The number of ether oxygens (including phenoxy) is 1. The monoisotopic (exact) mass is 266 g/mol. The molecule has 0 aromatic heterocycles. The number of hydrazine groups is 1. The van der Waals surface area contributed by atoms with Crippen LogP contribution in [0.2, 0.25) is 0 Å². The molecule has 1 aromatic rings. The molecule has 19 heavy (non-hydrogen) atoms. The minimum absolute atomic E-state index is 0.0297. The number of phenolic OH excluding ortho intramolecular Hbond substituents is 1. The van der Waals surface area contributed by atoms with Crippen LogP contribution in [0.3, 0.4) is 0 Å². The maximum absolute atomic E-state index is 11.6. The van der Waals surface area contributed by atoms with Crippen LogP contribution in [0.4, 0.5) is 0 Å². The van der Waals surface area contributed by atoms with E-state index in [0.29, 0.717) is 0 Å². The standard InChI is InChI=1S/C12H14N2O5/c1-7-3-4-9(10(16)5-7)12(18)19-6-11(17)14-13-8(2)15/h3-5,16H,6H2,1-2H3,(H,13,15)(H,14,17). The van der Waals surface area contributed by atoms with Gasteiger partial charge in [-0.25, -0.2) is 4.79 Å². The minimum Gasteiger partial charge on any atom is -0.507 e. The van der Waals surface area contributed by atoms with Crippen LogP contribution < -0.4 is 10.9 Å². The van der Waals surface area contributed by atoms with Gasteiger partial charge in [0.1, 0.15) is 11.3 Å². The molecule has 7 nitrogen and oxygen atoms in total. The molecule has 0 heterocycles. The van der Waals surface area contributed by atoms with Crippen LogP contribution in [-0.2, 0) is 14.3 Å². The third kappa shape index (κ3) is 4.66. The third-order valence-corrected chi connectivity index (χ3v) is 2.09. The number of carbonyl (C=O) groups excluding carboxylic acids is 3. The van der Waals surface area contributed by atoms with Crippen molar-refractivity contribution in [3.63, 3.8) is 0 Å². The highest BCUT2D eigenvalue weighted by molar-refractivity contribution is 5.94. The highest BCUT2D eigenvalue weighted by Gasteiger charge is 2.14. The summed E-state index contributed by atoms with van der Waals surface area (Å²) in [7, 11) is 0. The Bertz CT molecular complexity index is 513. The number of benzene rings is 1. The zero-order valence-electron chi connectivity index (χ0n) is 10.5. The van der Waals surface area contributed by atoms with Crippen LogP contribution in [0, 0.1) is 6.92 Å². The predicted molar refractivity (Wildman–Crippen MR) is 65.1 cm³/mol. The first-order valence-corrected chi connectivity index (χ1v) is 5.42. The number of carbonyl (C=O) groups is 3. The fourth-order valence-corrected chi connectivity index (χ4v) is 1.22. The molecule has 7 heteroatoms. The molecule has 1 aromatic carbocycles. The molecule has 3 N–H and O–H groups in total. The van der Waals surface area contributed by atoms with Gasteiger partial charge in [0.2, 0.25) is 5.91 Å². The average Bonchev–Trinajstić information content (AvgIpc) is 2.33. The maximum Gasteiger partial charge on any atom is 0.342 e. The van der Waals surface area contributed by atoms with Crippen molar-refractivity contribution in [1.29, 1.82) is 0 Å². The van der Waals surface area contributed by atoms with Gasteiger partial charge in [-0.2, -0.15) is 0 Å². The number of amides is 2. The predicted octanol–water partition coefficient (Wildman–Crippen LogP) is 0.0247. The number of aromatic hydroxyl groups is 1. The van der Waals surface area contributed by atoms with Gasteiger partial charge in [0.25, 0.3) is 5.91 Å². The van der Waals surface area contributed by atoms with Crippen molar-refractivity contribution in [3.05, 3.63) is 29.3 Å². The second-order valence-electron chi connectivity index (χ2n) is 3.83. The summed E-state index contributed by atoms with van der Waals surface area (Å²) in [6.07, 6.45) is 0. The van der Waals surface area contributed by atoms with Crippen molar-refractivity contribution in [1.82, 2.24) is 10.9 Å². The summed E-state index contributed by atoms with van der Waals surface area (Å²) in [5.74, 6) is -2.17. The SMILES string of the molecule is CC(=O)NNC(=O)COC(=O)c1ccc(C)cc1O. The molecule has 0 aliphatic heterocycles. The van der Waals surface area contributed by atoms with E-state index in [1.165, 1.54) is 19.1 Å². The van der Waals surface area contributed by atoms with E-state index in [1.54, 1.807) is 13.0 Å². The Morgan fingerprint density at radius 3 is 2.53 bits per heavy atom. The topological polar surface area (TPSA) is 105 Å². The van der Waals surface area contributed by atoms with Crippen molar-refractivity contribution in [2.24, 2.45) is 0 Å². The van der Waals surface area contributed by atoms with E-state index in [0.717, 1.165) is 5.56 Å². The molecule has 0 saturated carbocycles. The van der Waals surface area contributed by atoms with Crippen molar-refractivity contribution < 1.29 is 24.2 Å². The van der Waals surface area contributed by atoms with Gasteiger partial charge in [-0.15, -0.1) is 0 Å². The van der Waals surface area contributed by atoms with E-state index in [4.69, 9.17) is 0 Å². The molecule has 0 aliphatic carbocycles. The summed E-state index contributed by atoms with van der Waals surface area (Å²) in [6.45, 7) is 2.42. The molecular formula is C12H14N2O5. The van der Waals surface area contributed by atoms with Gasteiger partial charge < -0.3 is 9.84 Å². The number of nitrogens with one attached hydrogen (secondary N) is 2. The molecule has 102 valence electrons. The van der Waals surface area contributed by atoms with Crippen LogP contribution in [0.1, 0.15) is 22.8 Å². The summed E-state index contributed by atoms with van der Waals surface area (Å²) in [6, 6.07) is 4.44. The molecule has 0 unspecified atom stereocenters. The summed E-state index contributed by atoms with van der Waals surface area (Å²) < 4.78 is 4.68. The van der Waals surface area contributed by atoms with Crippen molar-refractivity contribution >= 4 is 17.8 Å². The lowest BCUT2D eigenvalue weighted by Gasteiger charge is -2.07. The minimum atomic E-state index is -0.824. The Morgan fingerprint density at radius 2 is 1.95 bits per heavy atom. The molecule has 0 bridgehead atoms. The number of rotatable bonds is 3. The first-order chi connectivity index (χ1) is 8.90. The molecule has 0 radical (unpaired) electrons. The van der Waals surface area contributed by atoms with Crippen molar-refractivity contribution in [2.75, 3.05) is 6.61 Å². The van der Waals surface area contributed by atoms with E-state index in [9.17, 15) is 19.5 Å². The van der Waals surface area contributed by atoms with Gasteiger partial charge in [0.05, 0.1) is 0 Å². The van der Waals surface area contributed by atoms with E-state index in [1.807, 2.05) is 10.9 Å². The average molecular weight is 266 g/mol. The van der Waals surface area contributed by atoms with Gasteiger partial charge in [-0.1, -0.05) is 6.07 Å². The largest absolute Gasteiger partial charge is 0.507 e. The summed E-state index contributed by atoms with van der Waals surface area (Å²) >= 11 is 0. The van der Waals surface area contributed by atoms with E-state index in [2.05, 4.69) is 4.74 Å². The van der Waals surface area contributed by atoms with Crippen LogP contribution in [0.5, 0.6) is 5.75 Å². The van der Waals surface area contributed by atoms with E-state index >= 15 is 0 Å². The van der Waals surface area contributed by atoms with Gasteiger partial charge in [0.15, 0.2) is 6.61 Å². The highest BCUT2D eigenvalue weighted by atomic mass is 16.5. The van der Waals surface area contributed by atoms with Crippen LogP contribution in [-0.4, -0.2) is 29.5 Å². The Morgan fingerprint density at radius 1 is 1.26 bits per heavy atom. The second kappa shape index (κ2) is 6.39. The zero-order valence-corrected chi connectivity index (χ0v) is 10.5. The summed E-state index contributed by atoms with van der Waals surface area (Å²) in [5.41, 5.74) is 4.84. The molecule has 1 rings (SSSR count).